The number of rotatable bonds is 8. The number of thiazole rings is 1. The number of ether oxygens (including phenoxy) is 1. The average Bonchev–Trinajstić information content (AvgIpc) is 3.97. The summed E-state index contributed by atoms with van der Waals surface area (Å²) in [5, 5.41) is 11.2. The number of halogens is 6. The molecular weight excluding hydrogens is 755 g/mol. The van der Waals surface area contributed by atoms with Gasteiger partial charge in [0, 0.05) is 66.6 Å². The maximum atomic E-state index is 17.3. The summed E-state index contributed by atoms with van der Waals surface area (Å²) >= 11 is 1.87. The number of benzene rings is 2. The Hall–Kier alpha value is -4.73. The molecule has 2 N–H and O–H groups in total. The van der Waals surface area contributed by atoms with Gasteiger partial charge in [0.05, 0.1) is 21.4 Å². The summed E-state index contributed by atoms with van der Waals surface area (Å²) < 4.78 is 98.3. The third-order valence-electron chi connectivity index (χ3n) is 10.7. The van der Waals surface area contributed by atoms with Gasteiger partial charge in [0.2, 0.25) is 0 Å². The third-order valence-corrected chi connectivity index (χ3v) is 12.5. The third kappa shape index (κ3) is 5.96. The molecule has 282 valence electrons. The van der Waals surface area contributed by atoms with Crippen molar-refractivity contribution in [2.24, 2.45) is 0 Å². The van der Waals surface area contributed by atoms with Gasteiger partial charge in [-0.1, -0.05) is 6.07 Å². The molecule has 54 heavy (non-hydrogen) atoms. The second-order valence-corrected chi connectivity index (χ2v) is 15.7. The molecule has 1 amide bonds. The van der Waals surface area contributed by atoms with E-state index in [0.717, 1.165) is 24.6 Å². The van der Waals surface area contributed by atoms with Crippen molar-refractivity contribution in [2.75, 3.05) is 50.0 Å². The highest BCUT2D eigenvalue weighted by Gasteiger charge is 2.49. The van der Waals surface area contributed by atoms with E-state index in [-0.39, 0.29) is 82.0 Å². The van der Waals surface area contributed by atoms with Crippen molar-refractivity contribution < 1.29 is 35.9 Å². The first-order valence-corrected chi connectivity index (χ1v) is 19.0. The van der Waals surface area contributed by atoms with Crippen LogP contribution in [0.25, 0.3) is 32.1 Å². The standard InChI is InChI=1S/C36H32F6N8O2S2/c1-2-50(19-6-10-48(16-19)33(51)32-45-8-11-53-32)31-21-12-23(36(40,41)42)26(20-4-5-24(38)29-25(20)22(14-43)30(44)54-29)27(39)28(21)46-34(47-31)52-17-35-7-3-9-49(35)15-18(37)13-35/h4-5,8,11-12,18-19H,2-3,6-7,9-10,13,15-17,44H2,1H3. The Balaban J connectivity index is 1.31. The molecule has 3 fully saturated rings. The van der Waals surface area contributed by atoms with Gasteiger partial charge in [0.15, 0.2) is 10.8 Å². The molecule has 3 aromatic heterocycles. The van der Waals surface area contributed by atoms with Crippen LogP contribution in [0.5, 0.6) is 6.01 Å². The summed E-state index contributed by atoms with van der Waals surface area (Å²) in [6, 6.07) is 3.74. The van der Waals surface area contributed by atoms with E-state index < -0.39 is 52.2 Å². The Morgan fingerprint density at radius 3 is 2.76 bits per heavy atom. The van der Waals surface area contributed by atoms with Crippen LogP contribution < -0.4 is 15.4 Å². The van der Waals surface area contributed by atoms with E-state index in [9.17, 15) is 14.4 Å². The topological polar surface area (TPSA) is 125 Å². The number of carbonyl (C=O) groups excluding carboxylic acids is 1. The van der Waals surface area contributed by atoms with Crippen molar-refractivity contribution in [1.82, 2.24) is 24.8 Å². The number of carbonyl (C=O) groups is 1. The fourth-order valence-electron chi connectivity index (χ4n) is 8.34. The minimum absolute atomic E-state index is 0.0303. The molecule has 10 nitrogen and oxygen atoms in total. The summed E-state index contributed by atoms with van der Waals surface area (Å²) in [6.45, 7) is 3.41. The number of fused-ring (bicyclic) bond motifs is 3. The minimum atomic E-state index is -5.14. The smallest absolute Gasteiger partial charge is 0.417 e. The lowest BCUT2D eigenvalue weighted by Crippen LogP contribution is -2.43. The van der Waals surface area contributed by atoms with Crippen molar-refractivity contribution in [3.05, 3.63) is 57.5 Å². The van der Waals surface area contributed by atoms with Crippen molar-refractivity contribution in [2.45, 2.75) is 56.5 Å². The SMILES string of the molecule is CCN(c1nc(OCC23CCCN2CC(F)C3)nc2c(F)c(-c3ccc(F)c4sc(N)c(C#N)c34)c(C(F)(F)F)cc12)C1CCN(C(=O)c2nccs2)C1. The van der Waals surface area contributed by atoms with Gasteiger partial charge >= 0.3 is 12.2 Å². The average molecular weight is 787 g/mol. The number of aromatic nitrogens is 3. The van der Waals surface area contributed by atoms with Crippen molar-refractivity contribution in [3.8, 4) is 23.2 Å². The predicted molar refractivity (Wildman–Crippen MR) is 192 cm³/mol. The van der Waals surface area contributed by atoms with E-state index in [1.165, 1.54) is 17.5 Å². The second kappa shape index (κ2) is 13.5. The molecule has 3 aliphatic rings. The number of hydrogen-bond donors (Lipinski definition) is 1. The summed E-state index contributed by atoms with van der Waals surface area (Å²) in [4.78, 5) is 31.6. The highest BCUT2D eigenvalue weighted by Crippen LogP contribution is 2.48. The normalized spacial score (nSPS) is 21.6. The van der Waals surface area contributed by atoms with Gasteiger partial charge in [-0.05, 0) is 50.4 Å². The molecule has 6 heterocycles. The number of nitrogen functional groups attached to an aromatic ring is 1. The van der Waals surface area contributed by atoms with E-state index >= 15 is 22.0 Å². The van der Waals surface area contributed by atoms with Gasteiger partial charge in [-0.2, -0.15) is 28.4 Å². The first-order valence-electron chi connectivity index (χ1n) is 17.3. The Morgan fingerprint density at radius 2 is 2.04 bits per heavy atom. The number of likely N-dealkylation sites (tertiary alicyclic amines) is 1. The van der Waals surface area contributed by atoms with Gasteiger partial charge in [-0.3, -0.25) is 9.69 Å². The van der Waals surface area contributed by atoms with E-state index in [0.29, 0.717) is 42.3 Å². The largest absolute Gasteiger partial charge is 0.461 e. The molecule has 0 spiro atoms. The molecular formula is C36H32F6N8O2S2. The Kier molecular flexibility index (Phi) is 9.09. The molecule has 3 saturated heterocycles. The van der Waals surface area contributed by atoms with Gasteiger partial charge in [-0.25, -0.2) is 18.2 Å². The highest BCUT2D eigenvalue weighted by molar-refractivity contribution is 7.23. The van der Waals surface area contributed by atoms with Crippen LogP contribution in [0.15, 0.2) is 29.8 Å². The molecule has 0 saturated carbocycles. The number of likely N-dealkylation sites (N-methyl/N-ethyl adjacent to an activating group) is 1. The lowest BCUT2D eigenvalue weighted by Gasteiger charge is -2.32. The number of nitrogens with zero attached hydrogens (tertiary/aromatic N) is 7. The zero-order valence-corrected chi connectivity index (χ0v) is 30.4. The minimum Gasteiger partial charge on any atom is -0.461 e. The lowest BCUT2D eigenvalue weighted by atomic mass is 9.92. The predicted octanol–water partition coefficient (Wildman–Crippen LogP) is 7.42. The molecule has 3 aliphatic heterocycles. The lowest BCUT2D eigenvalue weighted by molar-refractivity contribution is -0.137. The van der Waals surface area contributed by atoms with Crippen LogP contribution in [-0.4, -0.2) is 87.7 Å². The van der Waals surface area contributed by atoms with E-state index in [1.807, 2.05) is 11.0 Å². The van der Waals surface area contributed by atoms with Crippen LogP contribution in [0.4, 0.5) is 37.2 Å². The molecule has 8 rings (SSSR count). The Labute approximate surface area is 312 Å². The molecule has 3 atom stereocenters. The quantitative estimate of drug-likeness (QED) is 0.160. The number of thiophene rings is 1. The van der Waals surface area contributed by atoms with Crippen molar-refractivity contribution in [3.63, 3.8) is 0 Å². The van der Waals surface area contributed by atoms with Crippen molar-refractivity contribution >= 4 is 60.4 Å². The molecule has 5 aromatic rings. The molecule has 0 bridgehead atoms. The van der Waals surface area contributed by atoms with Crippen LogP contribution in [0, 0.1) is 23.0 Å². The maximum absolute atomic E-state index is 17.3. The van der Waals surface area contributed by atoms with Crippen LogP contribution in [0.2, 0.25) is 0 Å². The number of anilines is 2. The van der Waals surface area contributed by atoms with E-state index in [1.54, 1.807) is 22.1 Å². The number of hydrogen-bond acceptors (Lipinski definition) is 11. The van der Waals surface area contributed by atoms with Crippen LogP contribution >= 0.6 is 22.7 Å². The first kappa shape index (κ1) is 36.3. The second-order valence-electron chi connectivity index (χ2n) is 13.8. The summed E-state index contributed by atoms with van der Waals surface area (Å²) in [7, 11) is 0. The molecule has 0 radical (unpaired) electrons. The maximum Gasteiger partial charge on any atom is 0.417 e. The number of nitriles is 1. The number of nitrogens with two attached hydrogens (primary N) is 1. The summed E-state index contributed by atoms with van der Waals surface area (Å²) in [5.74, 6) is -2.54. The zero-order chi connectivity index (χ0) is 38.1. The number of amides is 1. The van der Waals surface area contributed by atoms with Crippen LogP contribution in [0.3, 0.4) is 0 Å². The fraction of sp³-hybridized carbons (Fsp3) is 0.417. The molecule has 18 heteroatoms. The van der Waals surface area contributed by atoms with Crippen LogP contribution in [0.1, 0.15) is 53.5 Å². The van der Waals surface area contributed by atoms with Gasteiger partial charge < -0.3 is 20.3 Å². The summed E-state index contributed by atoms with van der Waals surface area (Å²) in [5.41, 5.74) is 1.85. The van der Waals surface area contributed by atoms with Gasteiger partial charge in [0.1, 0.15) is 41.0 Å². The van der Waals surface area contributed by atoms with Crippen molar-refractivity contribution in [1.29, 1.82) is 5.26 Å². The highest BCUT2D eigenvalue weighted by atomic mass is 32.1. The van der Waals surface area contributed by atoms with Gasteiger partial charge in [-0.15, -0.1) is 22.7 Å². The van der Waals surface area contributed by atoms with E-state index in [4.69, 9.17) is 10.5 Å². The Bertz CT molecular complexity index is 2330. The monoisotopic (exact) mass is 786 g/mol. The summed E-state index contributed by atoms with van der Waals surface area (Å²) in [6.07, 6.45) is -2.55. The van der Waals surface area contributed by atoms with Gasteiger partial charge in [0.25, 0.3) is 5.91 Å². The number of alkyl halides is 4. The van der Waals surface area contributed by atoms with E-state index in [2.05, 4.69) is 15.0 Å². The molecule has 0 aliphatic carbocycles. The Morgan fingerprint density at radius 1 is 1.22 bits per heavy atom. The van der Waals surface area contributed by atoms with Crippen LogP contribution in [-0.2, 0) is 6.18 Å². The molecule has 2 aromatic carbocycles. The fourth-order valence-corrected chi connectivity index (χ4v) is 9.90. The zero-order valence-electron chi connectivity index (χ0n) is 28.7. The first-order chi connectivity index (χ1) is 25.8. The molecule has 3 unspecified atom stereocenters.